The molecule has 0 radical (unpaired) electrons. The van der Waals surface area contributed by atoms with Crippen molar-refractivity contribution in [3.8, 4) is 22.8 Å². The van der Waals surface area contributed by atoms with Crippen molar-refractivity contribution in [3.63, 3.8) is 0 Å². The quantitative estimate of drug-likeness (QED) is 0.497. The fourth-order valence-electron chi connectivity index (χ4n) is 5.03. The Hall–Kier alpha value is -3.45. The summed E-state index contributed by atoms with van der Waals surface area (Å²) in [6.45, 7) is 5.19. The lowest BCUT2D eigenvalue weighted by molar-refractivity contribution is -0.125. The second-order valence-corrected chi connectivity index (χ2v) is 10.1. The Bertz CT molecular complexity index is 1210. The lowest BCUT2D eigenvalue weighted by atomic mass is 9.61. The van der Waals surface area contributed by atoms with E-state index >= 15 is 0 Å². The minimum atomic E-state index is -0.124. The zero-order valence-electron chi connectivity index (χ0n) is 19.1. The summed E-state index contributed by atoms with van der Waals surface area (Å²) in [5.74, 6) is 1.71. The smallest absolute Gasteiger partial charge is 0.263 e. The van der Waals surface area contributed by atoms with Crippen molar-refractivity contribution in [3.05, 3.63) is 77.1 Å². The number of carbonyl (C=O) groups excluding carboxylic acids is 2. The van der Waals surface area contributed by atoms with E-state index in [0.717, 1.165) is 54.4 Å². The summed E-state index contributed by atoms with van der Waals surface area (Å²) >= 11 is 1.48. The Balaban J connectivity index is 1.34. The minimum Gasteiger partial charge on any atom is -0.457 e. The largest absolute Gasteiger partial charge is 0.457 e. The fraction of sp³-hybridized carbons (Fsp3) is 0.296. The van der Waals surface area contributed by atoms with Crippen molar-refractivity contribution in [2.45, 2.75) is 25.2 Å². The third-order valence-corrected chi connectivity index (χ3v) is 8.03. The van der Waals surface area contributed by atoms with Crippen molar-refractivity contribution in [1.29, 1.82) is 0 Å². The van der Waals surface area contributed by atoms with Crippen LogP contribution in [0.4, 0.5) is 0 Å². The van der Waals surface area contributed by atoms with Gasteiger partial charge in [-0.05, 0) is 67.2 Å². The van der Waals surface area contributed by atoms with E-state index < -0.39 is 0 Å². The van der Waals surface area contributed by atoms with Crippen LogP contribution >= 0.6 is 11.3 Å². The second kappa shape index (κ2) is 9.06. The number of hydrogen-bond acceptors (Lipinski definition) is 5. The molecule has 1 saturated carbocycles. The molecular weight excluding hydrogens is 446 g/mol. The van der Waals surface area contributed by atoms with Gasteiger partial charge >= 0.3 is 0 Å². The maximum Gasteiger partial charge on any atom is 0.263 e. The molecule has 2 aromatic carbocycles. The van der Waals surface area contributed by atoms with Crippen LogP contribution in [-0.4, -0.2) is 41.8 Å². The summed E-state index contributed by atoms with van der Waals surface area (Å²) in [6.07, 6.45) is 4.41. The molecule has 7 heteroatoms. The normalized spacial score (nSPS) is 21.2. The SMILES string of the molecule is C=CC(=O)N1CCC2(CC(c3nc(-c4ccc(Oc5ccccc5)cc4)c(C(=O)NC)s3)C2)C1. The van der Waals surface area contributed by atoms with Gasteiger partial charge in [0, 0.05) is 31.6 Å². The van der Waals surface area contributed by atoms with Gasteiger partial charge in [-0.25, -0.2) is 4.98 Å². The third-order valence-electron chi connectivity index (χ3n) is 6.82. The summed E-state index contributed by atoms with van der Waals surface area (Å²) < 4.78 is 5.89. The number of para-hydroxylation sites is 1. The summed E-state index contributed by atoms with van der Waals surface area (Å²) in [7, 11) is 1.64. The number of rotatable bonds is 6. The fourth-order valence-corrected chi connectivity index (χ4v) is 6.16. The number of aromatic nitrogens is 1. The lowest BCUT2D eigenvalue weighted by Gasteiger charge is -2.44. The molecule has 0 bridgehead atoms. The van der Waals surface area contributed by atoms with E-state index in [1.54, 1.807) is 7.05 Å². The maximum absolute atomic E-state index is 12.6. The number of amides is 2. The standard InChI is InChI=1S/C27H27N3O3S/c1-3-22(31)30-14-13-27(17-30)15-19(16-27)26-29-23(24(34-26)25(32)28-2)18-9-11-21(12-10-18)33-20-7-5-4-6-8-20/h3-12,19H,1,13-17H2,2H3,(H,28,32). The van der Waals surface area contributed by atoms with Crippen LogP contribution < -0.4 is 10.1 Å². The number of ether oxygens (including phenoxy) is 1. The molecule has 2 heterocycles. The van der Waals surface area contributed by atoms with Crippen molar-refractivity contribution in [2.75, 3.05) is 20.1 Å². The topological polar surface area (TPSA) is 71.5 Å². The lowest BCUT2D eigenvalue weighted by Crippen LogP contribution is -2.39. The molecule has 2 fully saturated rings. The molecule has 1 spiro atoms. The van der Waals surface area contributed by atoms with Gasteiger partial charge in [-0.2, -0.15) is 0 Å². The summed E-state index contributed by atoms with van der Waals surface area (Å²) in [5.41, 5.74) is 1.78. The second-order valence-electron chi connectivity index (χ2n) is 9.07. The van der Waals surface area contributed by atoms with E-state index in [-0.39, 0.29) is 17.2 Å². The number of carbonyl (C=O) groups is 2. The first-order valence-corrected chi connectivity index (χ1v) is 12.3. The van der Waals surface area contributed by atoms with Crippen molar-refractivity contribution in [2.24, 2.45) is 5.41 Å². The number of thiazole rings is 1. The molecule has 6 nitrogen and oxygen atoms in total. The molecule has 1 N–H and O–H groups in total. The summed E-state index contributed by atoms with van der Waals surface area (Å²) in [5, 5.41) is 3.75. The molecule has 1 saturated heterocycles. The Morgan fingerprint density at radius 2 is 1.85 bits per heavy atom. The van der Waals surface area contributed by atoms with E-state index in [1.165, 1.54) is 17.4 Å². The maximum atomic E-state index is 12.6. The molecule has 0 atom stereocenters. The Morgan fingerprint density at radius 1 is 1.15 bits per heavy atom. The highest BCUT2D eigenvalue weighted by molar-refractivity contribution is 7.14. The highest BCUT2D eigenvalue weighted by Gasteiger charge is 2.50. The highest BCUT2D eigenvalue weighted by Crippen LogP contribution is 2.57. The van der Waals surface area contributed by atoms with Gasteiger partial charge in [-0.1, -0.05) is 24.8 Å². The molecule has 1 aromatic heterocycles. The molecule has 0 unspecified atom stereocenters. The van der Waals surface area contributed by atoms with Crippen LogP contribution in [0.5, 0.6) is 11.5 Å². The average Bonchev–Trinajstić information content (AvgIpc) is 3.49. The third kappa shape index (κ3) is 4.23. The monoisotopic (exact) mass is 473 g/mol. The van der Waals surface area contributed by atoms with Gasteiger partial charge in [-0.15, -0.1) is 11.3 Å². The molecule has 2 amide bonds. The van der Waals surface area contributed by atoms with Gasteiger partial charge in [-0.3, -0.25) is 9.59 Å². The van der Waals surface area contributed by atoms with Crippen LogP contribution in [0.2, 0.25) is 0 Å². The molecule has 1 aliphatic carbocycles. The number of nitrogens with one attached hydrogen (secondary N) is 1. The number of benzene rings is 2. The van der Waals surface area contributed by atoms with Gasteiger partial charge in [0.15, 0.2) is 0 Å². The summed E-state index contributed by atoms with van der Waals surface area (Å²) in [4.78, 5) is 32.1. The van der Waals surface area contributed by atoms with Crippen LogP contribution in [-0.2, 0) is 4.79 Å². The van der Waals surface area contributed by atoms with Crippen LogP contribution in [0.3, 0.4) is 0 Å². The molecular formula is C27H27N3O3S. The summed E-state index contributed by atoms with van der Waals surface area (Å²) in [6, 6.07) is 17.3. The first-order valence-electron chi connectivity index (χ1n) is 11.5. The molecule has 5 rings (SSSR count). The molecule has 34 heavy (non-hydrogen) atoms. The van der Waals surface area contributed by atoms with Crippen LogP contribution in [0.1, 0.15) is 39.9 Å². The van der Waals surface area contributed by atoms with E-state index in [9.17, 15) is 9.59 Å². The zero-order valence-corrected chi connectivity index (χ0v) is 19.9. The van der Waals surface area contributed by atoms with E-state index in [1.807, 2.05) is 59.5 Å². The van der Waals surface area contributed by atoms with Crippen LogP contribution in [0.25, 0.3) is 11.3 Å². The average molecular weight is 474 g/mol. The Morgan fingerprint density at radius 3 is 2.53 bits per heavy atom. The van der Waals surface area contributed by atoms with Gasteiger partial charge in [0.25, 0.3) is 5.91 Å². The number of nitrogens with zero attached hydrogens (tertiary/aromatic N) is 2. The first kappa shape index (κ1) is 22.3. The first-order chi connectivity index (χ1) is 16.5. The van der Waals surface area contributed by atoms with Crippen molar-refractivity contribution >= 4 is 23.2 Å². The molecule has 2 aliphatic rings. The Labute approximate surface area is 203 Å². The van der Waals surface area contributed by atoms with E-state index in [0.29, 0.717) is 16.5 Å². The van der Waals surface area contributed by atoms with Crippen molar-refractivity contribution in [1.82, 2.24) is 15.2 Å². The zero-order chi connectivity index (χ0) is 23.7. The van der Waals surface area contributed by atoms with Crippen LogP contribution in [0, 0.1) is 5.41 Å². The van der Waals surface area contributed by atoms with Gasteiger partial charge < -0.3 is 15.0 Å². The van der Waals surface area contributed by atoms with Gasteiger partial charge in [0.2, 0.25) is 5.91 Å². The van der Waals surface area contributed by atoms with E-state index in [2.05, 4.69) is 11.9 Å². The highest BCUT2D eigenvalue weighted by atomic mass is 32.1. The predicted molar refractivity (Wildman–Crippen MR) is 133 cm³/mol. The Kier molecular flexibility index (Phi) is 5.96. The predicted octanol–water partition coefficient (Wildman–Crippen LogP) is 5.24. The minimum absolute atomic E-state index is 0.0125. The number of likely N-dealkylation sites (tertiary alicyclic amines) is 1. The van der Waals surface area contributed by atoms with Crippen LogP contribution in [0.15, 0.2) is 67.3 Å². The molecule has 3 aromatic rings. The number of hydrogen-bond donors (Lipinski definition) is 1. The van der Waals surface area contributed by atoms with Crippen molar-refractivity contribution < 1.29 is 14.3 Å². The van der Waals surface area contributed by atoms with E-state index in [4.69, 9.17) is 9.72 Å². The van der Waals surface area contributed by atoms with Gasteiger partial charge in [0.1, 0.15) is 16.4 Å². The molecule has 174 valence electrons. The van der Waals surface area contributed by atoms with Gasteiger partial charge in [0.05, 0.1) is 10.7 Å². The molecule has 1 aliphatic heterocycles.